The second-order valence-electron chi connectivity index (χ2n) is 6.37. The third-order valence-electron chi connectivity index (χ3n) is 4.41. The van der Waals surface area contributed by atoms with E-state index >= 15 is 0 Å². The van der Waals surface area contributed by atoms with E-state index < -0.39 is 0 Å². The average molecular weight is 433 g/mol. The number of carbonyl (C=O) groups excluding carboxylic acids is 1. The summed E-state index contributed by atoms with van der Waals surface area (Å²) >= 11 is 0. The Morgan fingerprint density at radius 3 is 2.13 bits per heavy atom. The van der Waals surface area contributed by atoms with E-state index in [1.54, 1.807) is 24.5 Å². The molecular formula is C25H19FeN3O. The minimum Gasteiger partial charge on any atom is -0.267 e. The van der Waals surface area contributed by atoms with Crippen LogP contribution in [0.25, 0.3) is 22.5 Å². The molecule has 0 aliphatic carbocycles. The van der Waals surface area contributed by atoms with E-state index in [2.05, 4.69) is 10.1 Å². The van der Waals surface area contributed by atoms with Crippen molar-refractivity contribution in [3.05, 3.63) is 121 Å². The van der Waals surface area contributed by atoms with Crippen LogP contribution in [0.2, 0.25) is 0 Å². The van der Waals surface area contributed by atoms with Gasteiger partial charge in [0, 0.05) is 18.0 Å². The van der Waals surface area contributed by atoms with Gasteiger partial charge in [-0.15, -0.1) is 12.1 Å². The molecule has 3 aromatic carbocycles. The molecule has 0 amide bonds. The number of rotatable bonds is 3. The number of hydrogen-bond donors (Lipinski definition) is 0. The molecule has 0 fully saturated rings. The first-order valence-electron chi connectivity index (χ1n) is 9.32. The van der Waals surface area contributed by atoms with Crippen LogP contribution in [0.3, 0.4) is 0 Å². The first-order chi connectivity index (χ1) is 14.3. The van der Waals surface area contributed by atoms with Gasteiger partial charge in [0.1, 0.15) is 0 Å². The number of nitrogens with zero attached hydrogens (tertiary/aromatic N) is 3. The molecule has 0 aliphatic heterocycles. The molecule has 148 valence electrons. The summed E-state index contributed by atoms with van der Waals surface area (Å²) in [6.45, 7) is 0. The Hall–Kier alpha value is -3.53. The van der Waals surface area contributed by atoms with Crippen molar-refractivity contribution in [2.45, 2.75) is 0 Å². The van der Waals surface area contributed by atoms with Crippen molar-refractivity contribution >= 4 is 5.91 Å². The molecule has 0 saturated carbocycles. The fourth-order valence-corrected chi connectivity index (χ4v) is 2.97. The zero-order chi connectivity index (χ0) is 19.9. The van der Waals surface area contributed by atoms with E-state index in [-0.39, 0.29) is 23.0 Å². The summed E-state index contributed by atoms with van der Waals surface area (Å²) in [6, 6.07) is 33.0. The fraction of sp³-hybridized carbons (Fsp3) is 0. The second-order valence-corrected chi connectivity index (χ2v) is 6.37. The van der Waals surface area contributed by atoms with Gasteiger partial charge in [-0.2, -0.15) is 35.4 Å². The molecule has 0 unspecified atom stereocenters. The van der Waals surface area contributed by atoms with Gasteiger partial charge in [-0.25, -0.2) is 16.8 Å². The number of benzene rings is 1. The number of carbonyl (C=O) groups is 1. The first kappa shape index (κ1) is 21.2. The largest absolute Gasteiger partial charge is 2.00 e. The van der Waals surface area contributed by atoms with Gasteiger partial charge in [-0.05, 0) is 23.4 Å². The van der Waals surface area contributed by atoms with Crippen LogP contribution < -0.4 is 0 Å². The number of hydrogen-bond acceptors (Lipinski definition) is 3. The van der Waals surface area contributed by atoms with Crippen LogP contribution in [0.4, 0.5) is 0 Å². The van der Waals surface area contributed by atoms with Crippen LogP contribution in [-0.4, -0.2) is 20.7 Å². The van der Waals surface area contributed by atoms with Gasteiger partial charge in [0.25, 0.3) is 5.91 Å². The zero-order valence-corrected chi connectivity index (χ0v) is 17.2. The predicted octanol–water partition coefficient (Wildman–Crippen LogP) is 5.42. The minimum atomic E-state index is -0.171. The molecule has 0 N–H and O–H groups in total. The summed E-state index contributed by atoms with van der Waals surface area (Å²) in [4.78, 5) is 16.8. The Morgan fingerprint density at radius 1 is 0.867 bits per heavy atom. The van der Waals surface area contributed by atoms with Crippen LogP contribution in [0.5, 0.6) is 0 Å². The molecule has 2 aromatic heterocycles. The Kier molecular flexibility index (Phi) is 7.28. The molecule has 0 aliphatic rings. The van der Waals surface area contributed by atoms with Crippen LogP contribution in [-0.2, 0) is 17.1 Å². The van der Waals surface area contributed by atoms with Gasteiger partial charge in [-0.3, -0.25) is 9.78 Å². The summed E-state index contributed by atoms with van der Waals surface area (Å²) in [5.41, 5.74) is 4.05. The van der Waals surface area contributed by atoms with Crippen molar-refractivity contribution in [1.29, 1.82) is 0 Å². The van der Waals surface area contributed by atoms with Crippen molar-refractivity contribution < 1.29 is 21.9 Å². The molecule has 5 heteroatoms. The molecule has 30 heavy (non-hydrogen) atoms. The summed E-state index contributed by atoms with van der Waals surface area (Å²) in [5, 5.41) is 4.56. The van der Waals surface area contributed by atoms with Gasteiger partial charge < -0.3 is 0 Å². The molecular weight excluding hydrogens is 414 g/mol. The predicted molar refractivity (Wildman–Crippen MR) is 115 cm³/mol. The van der Waals surface area contributed by atoms with Crippen LogP contribution in [0.15, 0.2) is 116 Å². The maximum absolute atomic E-state index is 12.9. The molecule has 5 rings (SSSR count). The van der Waals surface area contributed by atoms with E-state index in [4.69, 9.17) is 0 Å². The SMILES string of the molecule is O=C(c1ccncc1)n1nc(-c2ccccc2)cc1-[c-]1cccc1.[Fe+2].c1cc[cH-]c1. The van der Waals surface area contributed by atoms with Crippen LogP contribution >= 0.6 is 0 Å². The second kappa shape index (κ2) is 10.3. The number of aromatic nitrogens is 3. The standard InChI is InChI=1S/C20H14N3O.C5H5.Fe/c24-20(17-10-12-21-13-11-17)23-19(16-8-4-5-9-16)14-18(22-23)15-6-2-1-3-7-15;1-2-4-5-3-1;/h1-14H;1-5H;/q2*-1;+2. The smallest absolute Gasteiger partial charge is 0.267 e. The van der Waals surface area contributed by atoms with Gasteiger partial charge in [0.2, 0.25) is 0 Å². The molecule has 0 atom stereocenters. The Balaban J connectivity index is 0.000000376. The molecule has 0 radical (unpaired) electrons. The van der Waals surface area contributed by atoms with E-state index in [1.807, 2.05) is 91.0 Å². The third-order valence-corrected chi connectivity index (χ3v) is 4.41. The van der Waals surface area contributed by atoms with E-state index in [0.29, 0.717) is 5.56 Å². The topological polar surface area (TPSA) is 47.8 Å². The molecule has 0 bridgehead atoms. The van der Waals surface area contributed by atoms with E-state index in [9.17, 15) is 4.79 Å². The summed E-state index contributed by atoms with van der Waals surface area (Å²) < 4.78 is 1.47. The fourth-order valence-electron chi connectivity index (χ4n) is 2.97. The molecule has 0 saturated heterocycles. The summed E-state index contributed by atoms with van der Waals surface area (Å²) in [5.74, 6) is -0.171. The van der Waals surface area contributed by atoms with Crippen LogP contribution in [0.1, 0.15) is 10.4 Å². The Morgan fingerprint density at radius 2 is 1.53 bits per heavy atom. The maximum Gasteiger partial charge on any atom is 2.00 e. The first-order valence-corrected chi connectivity index (χ1v) is 9.32. The van der Waals surface area contributed by atoms with Crippen molar-refractivity contribution in [2.24, 2.45) is 0 Å². The quantitative estimate of drug-likeness (QED) is 0.282. The maximum atomic E-state index is 12.9. The van der Waals surface area contributed by atoms with Crippen molar-refractivity contribution in [1.82, 2.24) is 14.8 Å². The normalized spacial score (nSPS) is 9.87. The average Bonchev–Trinajstić information content (AvgIpc) is 3.57. The minimum absolute atomic E-state index is 0. The van der Waals surface area contributed by atoms with Gasteiger partial charge >= 0.3 is 17.1 Å². The molecule has 5 aromatic rings. The molecule has 0 spiro atoms. The van der Waals surface area contributed by atoms with Crippen LogP contribution in [0, 0.1) is 0 Å². The Labute approximate surface area is 186 Å². The van der Waals surface area contributed by atoms with Crippen molar-refractivity contribution in [3.8, 4) is 22.5 Å². The molecule has 4 nitrogen and oxygen atoms in total. The van der Waals surface area contributed by atoms with Gasteiger partial charge in [-0.1, -0.05) is 42.0 Å². The monoisotopic (exact) mass is 433 g/mol. The van der Waals surface area contributed by atoms with E-state index in [0.717, 1.165) is 22.5 Å². The van der Waals surface area contributed by atoms with E-state index in [1.165, 1.54) is 4.68 Å². The summed E-state index contributed by atoms with van der Waals surface area (Å²) in [6.07, 6.45) is 3.22. The molecule has 2 heterocycles. The van der Waals surface area contributed by atoms with Gasteiger partial charge in [0.15, 0.2) is 0 Å². The Bertz CT molecular complexity index is 1130. The zero-order valence-electron chi connectivity index (χ0n) is 16.1. The van der Waals surface area contributed by atoms with Crippen molar-refractivity contribution in [2.75, 3.05) is 0 Å². The van der Waals surface area contributed by atoms with Gasteiger partial charge in [0.05, 0.1) is 5.69 Å². The van der Waals surface area contributed by atoms with Crippen molar-refractivity contribution in [3.63, 3.8) is 0 Å². The third kappa shape index (κ3) is 4.90. The summed E-state index contributed by atoms with van der Waals surface area (Å²) in [7, 11) is 0. The number of pyridine rings is 1.